The zero-order valence-corrected chi connectivity index (χ0v) is 12.7. The van der Waals surface area contributed by atoms with Crippen LogP contribution in [0.1, 0.15) is 47.5 Å². The van der Waals surface area contributed by atoms with Crippen molar-refractivity contribution in [1.29, 1.82) is 0 Å². The molecule has 5 nitrogen and oxygen atoms in total. The molecule has 0 aliphatic carbocycles. The highest BCUT2D eigenvalue weighted by atomic mass is 16.5. The van der Waals surface area contributed by atoms with Gasteiger partial charge in [-0.2, -0.15) is 0 Å². The van der Waals surface area contributed by atoms with Crippen molar-refractivity contribution in [2.45, 2.75) is 53.5 Å². The van der Waals surface area contributed by atoms with E-state index in [1.807, 2.05) is 46.9 Å². The van der Waals surface area contributed by atoms with Gasteiger partial charge in [-0.15, -0.1) is 0 Å². The summed E-state index contributed by atoms with van der Waals surface area (Å²) in [6.45, 7) is 10.5. The molecule has 0 aromatic heterocycles. The average Bonchev–Trinajstić information content (AvgIpc) is 2.87. The first-order valence-corrected chi connectivity index (χ1v) is 7.06. The van der Waals surface area contributed by atoms with Crippen LogP contribution in [0.3, 0.4) is 0 Å². The van der Waals surface area contributed by atoms with Gasteiger partial charge in [0.2, 0.25) is 11.8 Å². The van der Waals surface area contributed by atoms with Crippen LogP contribution in [-0.4, -0.2) is 18.6 Å². The Balaban J connectivity index is 0.000000741. The van der Waals surface area contributed by atoms with E-state index in [4.69, 9.17) is 4.74 Å². The summed E-state index contributed by atoms with van der Waals surface area (Å²) in [6.07, 6.45) is 5.23. The van der Waals surface area contributed by atoms with Crippen molar-refractivity contribution in [1.82, 2.24) is 16.2 Å². The number of rotatable bonds is 3. The molecular weight excluding hydrogens is 242 g/mol. The van der Waals surface area contributed by atoms with E-state index in [-0.39, 0.29) is 11.9 Å². The first kappa shape index (κ1) is 17.4. The van der Waals surface area contributed by atoms with Crippen LogP contribution in [0.5, 0.6) is 0 Å². The summed E-state index contributed by atoms with van der Waals surface area (Å²) in [7, 11) is 0. The first-order valence-electron chi connectivity index (χ1n) is 7.06. The Hall–Kier alpha value is -1.65. The number of allylic oxidation sites excluding steroid dienone is 2. The zero-order valence-electron chi connectivity index (χ0n) is 12.7. The van der Waals surface area contributed by atoms with Crippen LogP contribution in [0.25, 0.3) is 0 Å². The molecule has 1 atom stereocenters. The predicted octanol–water partition coefficient (Wildman–Crippen LogP) is 2.19. The fraction of sp³-hybridized carbons (Fsp3) is 0.643. The maximum atomic E-state index is 10.9. The number of hydrazine groups is 1. The lowest BCUT2D eigenvalue weighted by Crippen LogP contribution is -2.34. The standard InChI is InChI=1S/C10H15N3O2.2C2H6/c1-7-4-10(13-11-5-7)15-6-8-2-3-9(14)12-8;2*1-2/h4-5,8,11,13H,2-3,6H2,1H3,(H,12,14);2*1-2H3. The summed E-state index contributed by atoms with van der Waals surface area (Å²) in [5, 5.41) is 2.85. The van der Waals surface area contributed by atoms with Crippen LogP contribution >= 0.6 is 0 Å². The smallest absolute Gasteiger partial charge is 0.220 e. The summed E-state index contributed by atoms with van der Waals surface area (Å²) in [5.41, 5.74) is 6.86. The minimum Gasteiger partial charge on any atom is -0.476 e. The Morgan fingerprint density at radius 1 is 1.32 bits per heavy atom. The largest absolute Gasteiger partial charge is 0.476 e. The van der Waals surface area contributed by atoms with Gasteiger partial charge in [-0.25, -0.2) is 0 Å². The molecule has 1 amide bonds. The molecule has 5 heteroatoms. The van der Waals surface area contributed by atoms with Gasteiger partial charge in [0.15, 0.2) is 0 Å². The lowest BCUT2D eigenvalue weighted by atomic mass is 10.2. The van der Waals surface area contributed by atoms with Crippen LogP contribution in [0.4, 0.5) is 0 Å². The second-order valence-corrected chi connectivity index (χ2v) is 3.78. The number of amides is 1. The summed E-state index contributed by atoms with van der Waals surface area (Å²) >= 11 is 0. The van der Waals surface area contributed by atoms with E-state index in [0.29, 0.717) is 18.9 Å². The Kier molecular flexibility index (Phi) is 9.40. The van der Waals surface area contributed by atoms with Crippen molar-refractivity contribution < 1.29 is 9.53 Å². The maximum absolute atomic E-state index is 10.9. The third kappa shape index (κ3) is 6.74. The second-order valence-electron chi connectivity index (χ2n) is 3.78. The van der Waals surface area contributed by atoms with Crippen molar-refractivity contribution in [3.8, 4) is 0 Å². The van der Waals surface area contributed by atoms with E-state index < -0.39 is 0 Å². The Morgan fingerprint density at radius 3 is 2.53 bits per heavy atom. The second kappa shape index (κ2) is 10.3. The summed E-state index contributed by atoms with van der Waals surface area (Å²) in [5.74, 6) is 0.805. The number of hydrogen-bond acceptors (Lipinski definition) is 4. The summed E-state index contributed by atoms with van der Waals surface area (Å²) in [6, 6.07) is 0.145. The van der Waals surface area contributed by atoms with E-state index in [1.165, 1.54) is 0 Å². The molecule has 2 heterocycles. The summed E-state index contributed by atoms with van der Waals surface area (Å²) in [4.78, 5) is 10.9. The SMILES string of the molecule is CC.CC.CC1=CNNC(OCC2CCC(=O)N2)=C1. The molecule has 2 aliphatic rings. The molecule has 1 unspecified atom stereocenters. The third-order valence-corrected chi connectivity index (χ3v) is 2.38. The van der Waals surface area contributed by atoms with Gasteiger partial charge in [0.1, 0.15) is 6.61 Å². The average molecular weight is 269 g/mol. The van der Waals surface area contributed by atoms with Crippen LogP contribution in [0.15, 0.2) is 23.7 Å². The molecule has 3 N–H and O–H groups in total. The molecule has 19 heavy (non-hydrogen) atoms. The Bertz CT molecular complexity index is 325. The summed E-state index contributed by atoms with van der Waals surface area (Å²) < 4.78 is 5.52. The van der Waals surface area contributed by atoms with Crippen molar-refractivity contribution >= 4 is 5.91 Å². The van der Waals surface area contributed by atoms with Crippen molar-refractivity contribution in [2.24, 2.45) is 0 Å². The van der Waals surface area contributed by atoms with E-state index in [0.717, 1.165) is 12.0 Å². The van der Waals surface area contributed by atoms with Crippen LogP contribution in [0, 0.1) is 0 Å². The molecule has 2 rings (SSSR count). The van der Waals surface area contributed by atoms with Crippen LogP contribution in [0.2, 0.25) is 0 Å². The number of nitrogens with one attached hydrogen (secondary N) is 3. The van der Waals surface area contributed by atoms with E-state index in [2.05, 4.69) is 16.2 Å². The van der Waals surface area contributed by atoms with Gasteiger partial charge in [-0.3, -0.25) is 10.2 Å². The normalized spacial score (nSPS) is 20.1. The van der Waals surface area contributed by atoms with E-state index in [9.17, 15) is 4.79 Å². The molecule has 1 saturated heterocycles. The van der Waals surface area contributed by atoms with Gasteiger partial charge in [0.25, 0.3) is 0 Å². The molecule has 2 aliphatic heterocycles. The fourth-order valence-corrected chi connectivity index (χ4v) is 1.58. The molecule has 0 spiro atoms. The highest BCUT2D eigenvalue weighted by Gasteiger charge is 2.21. The lowest BCUT2D eigenvalue weighted by Gasteiger charge is -2.18. The molecule has 1 fully saturated rings. The van der Waals surface area contributed by atoms with Gasteiger partial charge in [0.05, 0.1) is 6.04 Å². The van der Waals surface area contributed by atoms with Gasteiger partial charge < -0.3 is 15.5 Å². The van der Waals surface area contributed by atoms with Crippen molar-refractivity contribution in [3.63, 3.8) is 0 Å². The minimum absolute atomic E-state index is 0.114. The Morgan fingerprint density at radius 2 is 2.00 bits per heavy atom. The maximum Gasteiger partial charge on any atom is 0.220 e. The van der Waals surface area contributed by atoms with Crippen LogP contribution < -0.4 is 16.2 Å². The fourth-order valence-electron chi connectivity index (χ4n) is 1.58. The molecule has 0 saturated carbocycles. The number of carbonyl (C=O) groups excluding carboxylic acids is 1. The van der Waals surface area contributed by atoms with Crippen molar-refractivity contribution in [2.75, 3.05) is 6.61 Å². The molecule has 0 aromatic carbocycles. The quantitative estimate of drug-likeness (QED) is 0.735. The molecule has 0 radical (unpaired) electrons. The van der Waals surface area contributed by atoms with Gasteiger partial charge >= 0.3 is 0 Å². The molecule has 110 valence electrons. The van der Waals surface area contributed by atoms with Gasteiger partial charge in [-0.1, -0.05) is 27.7 Å². The van der Waals surface area contributed by atoms with Crippen LogP contribution in [-0.2, 0) is 9.53 Å². The van der Waals surface area contributed by atoms with E-state index in [1.54, 1.807) is 0 Å². The van der Waals surface area contributed by atoms with Gasteiger partial charge in [0, 0.05) is 18.7 Å². The van der Waals surface area contributed by atoms with Gasteiger partial charge in [-0.05, 0) is 18.9 Å². The monoisotopic (exact) mass is 269 g/mol. The van der Waals surface area contributed by atoms with Crippen molar-refractivity contribution in [3.05, 3.63) is 23.7 Å². The molecular formula is C14H27N3O2. The highest BCUT2D eigenvalue weighted by molar-refractivity contribution is 5.78. The first-order chi connectivity index (χ1) is 9.24. The number of ether oxygens (including phenoxy) is 1. The predicted molar refractivity (Wildman–Crippen MR) is 77.9 cm³/mol. The minimum atomic E-state index is 0.114. The Labute approximate surface area is 116 Å². The molecule has 0 bridgehead atoms. The highest BCUT2D eigenvalue weighted by Crippen LogP contribution is 2.09. The topological polar surface area (TPSA) is 62.4 Å². The third-order valence-electron chi connectivity index (χ3n) is 2.38. The molecule has 0 aromatic rings. The lowest BCUT2D eigenvalue weighted by molar-refractivity contribution is -0.119. The number of hydrogen-bond donors (Lipinski definition) is 3. The zero-order chi connectivity index (χ0) is 14.7. The van der Waals surface area contributed by atoms with E-state index >= 15 is 0 Å². The number of carbonyl (C=O) groups is 1.